The Labute approximate surface area is 56.8 Å². The Hall–Kier alpha value is -0.0400. The highest BCUT2D eigenvalue weighted by atomic mass is 15.0. The van der Waals surface area contributed by atoms with Gasteiger partial charge in [0.25, 0.3) is 0 Å². The van der Waals surface area contributed by atoms with Crippen LogP contribution in [0.2, 0.25) is 0 Å². The molecule has 1 heteroatoms. The Bertz CT molecular complexity index is 111. The molecule has 1 aliphatic carbocycles. The van der Waals surface area contributed by atoms with Gasteiger partial charge in [-0.1, -0.05) is 6.92 Å². The van der Waals surface area contributed by atoms with Crippen molar-refractivity contribution in [3.8, 4) is 0 Å². The molecule has 0 radical (unpaired) electrons. The van der Waals surface area contributed by atoms with Gasteiger partial charge in [-0.15, -0.1) is 0 Å². The van der Waals surface area contributed by atoms with E-state index in [-0.39, 0.29) is 0 Å². The highest BCUT2D eigenvalue weighted by Crippen LogP contribution is 2.36. The number of fused-ring (bicyclic) bond motifs is 1. The summed E-state index contributed by atoms with van der Waals surface area (Å²) < 4.78 is 0. The van der Waals surface area contributed by atoms with Gasteiger partial charge in [0, 0.05) is 6.04 Å². The van der Waals surface area contributed by atoms with E-state index in [0.29, 0.717) is 0 Å². The third-order valence-electron chi connectivity index (χ3n) is 3.06. The first-order valence-electron chi connectivity index (χ1n) is 4.11. The maximum Gasteiger partial charge on any atom is 0.00984 e. The molecule has 0 bridgehead atoms. The van der Waals surface area contributed by atoms with Gasteiger partial charge in [0.1, 0.15) is 0 Å². The summed E-state index contributed by atoms with van der Waals surface area (Å²) in [6, 6.07) is 0.903. The summed E-state index contributed by atoms with van der Waals surface area (Å²) in [5.74, 6) is 2.04. The summed E-state index contributed by atoms with van der Waals surface area (Å²) in [6.45, 7) is 3.68. The van der Waals surface area contributed by atoms with Crippen LogP contribution in [-0.4, -0.2) is 12.6 Å². The monoisotopic (exact) mass is 125 g/mol. The molecule has 2 rings (SSSR count). The summed E-state index contributed by atoms with van der Waals surface area (Å²) in [6.07, 6.45) is 4.33. The minimum absolute atomic E-state index is 0.903. The van der Waals surface area contributed by atoms with E-state index in [1.54, 1.807) is 0 Å². The summed E-state index contributed by atoms with van der Waals surface area (Å²) in [4.78, 5) is 0. The predicted octanol–water partition coefficient (Wildman–Crippen LogP) is 1.39. The Morgan fingerprint density at radius 1 is 1.22 bits per heavy atom. The first-order chi connectivity index (χ1) is 4.38. The zero-order valence-corrected chi connectivity index (χ0v) is 6.06. The molecule has 1 heterocycles. The van der Waals surface area contributed by atoms with Crippen molar-refractivity contribution in [3.63, 3.8) is 0 Å². The van der Waals surface area contributed by atoms with E-state index in [1.165, 1.54) is 25.8 Å². The van der Waals surface area contributed by atoms with Gasteiger partial charge in [-0.25, -0.2) is 0 Å². The van der Waals surface area contributed by atoms with E-state index in [1.807, 2.05) is 0 Å². The van der Waals surface area contributed by atoms with Crippen molar-refractivity contribution in [1.29, 1.82) is 0 Å². The SMILES string of the molecule is CC1CCC2NCCC12. The fourth-order valence-corrected chi connectivity index (χ4v) is 2.44. The fraction of sp³-hybridized carbons (Fsp3) is 1.00. The topological polar surface area (TPSA) is 12.0 Å². The Kier molecular flexibility index (Phi) is 1.26. The lowest BCUT2D eigenvalue weighted by Gasteiger charge is -2.11. The van der Waals surface area contributed by atoms with E-state index in [0.717, 1.165) is 17.9 Å². The average molecular weight is 125 g/mol. The molecule has 2 aliphatic rings. The van der Waals surface area contributed by atoms with Crippen LogP contribution >= 0.6 is 0 Å². The van der Waals surface area contributed by atoms with Crippen molar-refractivity contribution in [2.24, 2.45) is 11.8 Å². The third-order valence-corrected chi connectivity index (χ3v) is 3.06. The van der Waals surface area contributed by atoms with E-state index in [9.17, 15) is 0 Å². The van der Waals surface area contributed by atoms with Gasteiger partial charge in [0.05, 0.1) is 0 Å². The van der Waals surface area contributed by atoms with Gasteiger partial charge in [0.15, 0.2) is 0 Å². The van der Waals surface area contributed by atoms with Crippen molar-refractivity contribution >= 4 is 0 Å². The van der Waals surface area contributed by atoms with Crippen LogP contribution in [0.4, 0.5) is 0 Å². The van der Waals surface area contributed by atoms with Crippen molar-refractivity contribution in [2.75, 3.05) is 6.54 Å². The molecule has 0 aromatic rings. The molecule has 52 valence electrons. The number of hydrogen-bond donors (Lipinski definition) is 1. The van der Waals surface area contributed by atoms with Gasteiger partial charge in [-0.05, 0) is 37.6 Å². The van der Waals surface area contributed by atoms with Crippen molar-refractivity contribution in [2.45, 2.75) is 32.2 Å². The van der Waals surface area contributed by atoms with Crippen LogP contribution in [0.25, 0.3) is 0 Å². The van der Waals surface area contributed by atoms with E-state index >= 15 is 0 Å². The normalized spacial score (nSPS) is 49.7. The van der Waals surface area contributed by atoms with Gasteiger partial charge in [0.2, 0.25) is 0 Å². The molecule has 2 fully saturated rings. The summed E-state index contributed by atoms with van der Waals surface area (Å²) >= 11 is 0. The maximum atomic E-state index is 3.55. The lowest BCUT2D eigenvalue weighted by Crippen LogP contribution is -2.22. The minimum Gasteiger partial charge on any atom is -0.314 e. The second kappa shape index (κ2) is 1.98. The zero-order chi connectivity index (χ0) is 6.27. The highest BCUT2D eigenvalue weighted by molar-refractivity contribution is 4.92. The molecule has 1 aliphatic heterocycles. The van der Waals surface area contributed by atoms with Crippen LogP contribution in [-0.2, 0) is 0 Å². The van der Waals surface area contributed by atoms with Crippen LogP contribution in [0.15, 0.2) is 0 Å². The smallest absolute Gasteiger partial charge is 0.00984 e. The molecule has 0 aromatic heterocycles. The Balaban J connectivity index is 2.07. The second-order valence-electron chi connectivity index (χ2n) is 3.57. The van der Waals surface area contributed by atoms with Crippen LogP contribution < -0.4 is 5.32 Å². The first kappa shape index (κ1) is 5.72. The van der Waals surface area contributed by atoms with Crippen molar-refractivity contribution in [3.05, 3.63) is 0 Å². The zero-order valence-electron chi connectivity index (χ0n) is 6.06. The quantitative estimate of drug-likeness (QED) is 0.516. The molecular formula is C8H15N. The molecule has 1 N–H and O–H groups in total. The van der Waals surface area contributed by atoms with Crippen LogP contribution in [0, 0.1) is 11.8 Å². The minimum atomic E-state index is 0.903. The summed E-state index contributed by atoms with van der Waals surface area (Å²) in [5, 5.41) is 3.55. The first-order valence-corrected chi connectivity index (χ1v) is 4.11. The summed E-state index contributed by atoms with van der Waals surface area (Å²) in [7, 11) is 0. The van der Waals surface area contributed by atoms with Gasteiger partial charge in [-0.2, -0.15) is 0 Å². The van der Waals surface area contributed by atoms with Crippen LogP contribution in [0.3, 0.4) is 0 Å². The molecule has 1 nitrogen and oxygen atoms in total. The van der Waals surface area contributed by atoms with E-state index in [4.69, 9.17) is 0 Å². The number of hydrogen-bond acceptors (Lipinski definition) is 1. The standard InChI is InChI=1S/C8H15N/c1-6-2-3-8-7(6)4-5-9-8/h6-9H,2-5H2,1H3. The number of rotatable bonds is 0. The van der Waals surface area contributed by atoms with Gasteiger partial charge in [-0.3, -0.25) is 0 Å². The predicted molar refractivity (Wildman–Crippen MR) is 38.3 cm³/mol. The van der Waals surface area contributed by atoms with Gasteiger partial charge >= 0.3 is 0 Å². The van der Waals surface area contributed by atoms with E-state index in [2.05, 4.69) is 12.2 Å². The molecule has 3 atom stereocenters. The second-order valence-corrected chi connectivity index (χ2v) is 3.57. The van der Waals surface area contributed by atoms with Crippen molar-refractivity contribution in [1.82, 2.24) is 5.32 Å². The molecule has 0 aromatic carbocycles. The Morgan fingerprint density at radius 2 is 2.11 bits per heavy atom. The third kappa shape index (κ3) is 0.787. The Morgan fingerprint density at radius 3 is 2.89 bits per heavy atom. The van der Waals surface area contributed by atoms with Gasteiger partial charge < -0.3 is 5.32 Å². The van der Waals surface area contributed by atoms with Crippen molar-refractivity contribution < 1.29 is 0 Å². The summed E-state index contributed by atoms with van der Waals surface area (Å²) in [5.41, 5.74) is 0. The number of nitrogens with one attached hydrogen (secondary N) is 1. The van der Waals surface area contributed by atoms with Crippen LogP contribution in [0.5, 0.6) is 0 Å². The van der Waals surface area contributed by atoms with E-state index < -0.39 is 0 Å². The lowest BCUT2D eigenvalue weighted by molar-refractivity contribution is 0.414. The molecule has 9 heavy (non-hydrogen) atoms. The molecular weight excluding hydrogens is 110 g/mol. The lowest BCUT2D eigenvalue weighted by atomic mass is 9.95. The molecule has 1 saturated heterocycles. The molecule has 0 amide bonds. The van der Waals surface area contributed by atoms with Crippen LogP contribution in [0.1, 0.15) is 26.2 Å². The average Bonchev–Trinajstić information content (AvgIpc) is 2.35. The largest absolute Gasteiger partial charge is 0.314 e. The maximum absolute atomic E-state index is 3.55. The fourth-order valence-electron chi connectivity index (χ4n) is 2.44. The molecule has 1 saturated carbocycles. The molecule has 0 spiro atoms. The molecule has 3 unspecified atom stereocenters. The highest BCUT2D eigenvalue weighted by Gasteiger charge is 2.35.